The van der Waals surface area contributed by atoms with E-state index in [0.717, 1.165) is 10.0 Å². The van der Waals surface area contributed by atoms with E-state index >= 15 is 0 Å². The quantitative estimate of drug-likeness (QED) is 0.829. The lowest BCUT2D eigenvalue weighted by Crippen LogP contribution is -2.30. The van der Waals surface area contributed by atoms with Crippen molar-refractivity contribution < 1.29 is 14.3 Å². The highest BCUT2D eigenvalue weighted by atomic mass is 79.9. The van der Waals surface area contributed by atoms with Crippen molar-refractivity contribution in [2.45, 2.75) is 13.5 Å². The Balaban J connectivity index is 1.83. The Kier molecular flexibility index (Phi) is 5.38. The average Bonchev–Trinajstić information content (AvgIpc) is 2.93. The third kappa shape index (κ3) is 4.46. The molecule has 0 saturated heterocycles. The van der Waals surface area contributed by atoms with Crippen LogP contribution in [0.1, 0.15) is 21.6 Å². The molecule has 1 aromatic heterocycles. The van der Waals surface area contributed by atoms with Crippen LogP contribution in [-0.2, 0) is 16.1 Å². The van der Waals surface area contributed by atoms with Gasteiger partial charge >= 0.3 is 5.97 Å². The van der Waals surface area contributed by atoms with Crippen molar-refractivity contribution in [1.82, 2.24) is 9.88 Å². The standard InChI is InChI=1S/C16H17BrN2O3/c1-11-3-5-12(6-4-11)9-19(2)15(20)10-22-16(21)14-7-13(17)8-18-14/h3-8,18H,9-10H2,1-2H3. The summed E-state index contributed by atoms with van der Waals surface area (Å²) in [7, 11) is 1.68. The molecule has 0 unspecified atom stereocenters. The number of aryl methyl sites for hydroxylation is 1. The van der Waals surface area contributed by atoms with Gasteiger partial charge in [-0.3, -0.25) is 4.79 Å². The van der Waals surface area contributed by atoms with Gasteiger partial charge in [0.05, 0.1) is 0 Å². The molecule has 0 aliphatic rings. The molecule has 0 saturated carbocycles. The van der Waals surface area contributed by atoms with Crippen LogP contribution in [0.3, 0.4) is 0 Å². The molecule has 0 aliphatic carbocycles. The topological polar surface area (TPSA) is 62.4 Å². The summed E-state index contributed by atoms with van der Waals surface area (Å²) >= 11 is 3.23. The van der Waals surface area contributed by atoms with Crippen molar-refractivity contribution >= 4 is 27.8 Å². The van der Waals surface area contributed by atoms with E-state index in [0.29, 0.717) is 12.2 Å². The van der Waals surface area contributed by atoms with Crippen LogP contribution in [0.15, 0.2) is 41.0 Å². The van der Waals surface area contributed by atoms with Crippen LogP contribution in [0.2, 0.25) is 0 Å². The number of hydrogen-bond acceptors (Lipinski definition) is 3. The summed E-state index contributed by atoms with van der Waals surface area (Å²) in [5.41, 5.74) is 2.51. The molecule has 1 aromatic carbocycles. The van der Waals surface area contributed by atoms with E-state index in [1.165, 1.54) is 10.5 Å². The highest BCUT2D eigenvalue weighted by Gasteiger charge is 2.14. The molecule has 5 nitrogen and oxygen atoms in total. The summed E-state index contributed by atoms with van der Waals surface area (Å²) in [5, 5.41) is 0. The zero-order valence-corrected chi connectivity index (χ0v) is 14.0. The van der Waals surface area contributed by atoms with Crippen LogP contribution in [0.5, 0.6) is 0 Å². The fraction of sp³-hybridized carbons (Fsp3) is 0.250. The minimum absolute atomic E-state index is 0.250. The van der Waals surface area contributed by atoms with E-state index in [1.807, 2.05) is 31.2 Å². The second-order valence-electron chi connectivity index (χ2n) is 5.04. The number of halogens is 1. The van der Waals surface area contributed by atoms with Crippen LogP contribution in [-0.4, -0.2) is 35.4 Å². The van der Waals surface area contributed by atoms with Gasteiger partial charge in [-0.05, 0) is 34.5 Å². The van der Waals surface area contributed by atoms with Gasteiger partial charge in [-0.2, -0.15) is 0 Å². The Morgan fingerprint density at radius 2 is 1.95 bits per heavy atom. The highest BCUT2D eigenvalue weighted by Crippen LogP contribution is 2.11. The van der Waals surface area contributed by atoms with E-state index in [9.17, 15) is 9.59 Å². The van der Waals surface area contributed by atoms with Gasteiger partial charge < -0.3 is 14.6 Å². The van der Waals surface area contributed by atoms with E-state index < -0.39 is 5.97 Å². The van der Waals surface area contributed by atoms with Crippen molar-refractivity contribution in [1.29, 1.82) is 0 Å². The molecule has 1 heterocycles. The maximum Gasteiger partial charge on any atom is 0.355 e. The number of hydrogen-bond donors (Lipinski definition) is 1. The normalized spacial score (nSPS) is 10.3. The molecule has 0 radical (unpaired) electrons. The largest absolute Gasteiger partial charge is 0.451 e. The number of carbonyl (C=O) groups is 2. The molecular weight excluding hydrogens is 348 g/mol. The Morgan fingerprint density at radius 1 is 1.27 bits per heavy atom. The van der Waals surface area contributed by atoms with Gasteiger partial charge in [0.15, 0.2) is 6.61 Å². The Bertz CT molecular complexity index is 664. The third-order valence-electron chi connectivity index (χ3n) is 3.16. The molecular formula is C16H17BrN2O3. The fourth-order valence-corrected chi connectivity index (χ4v) is 2.20. The van der Waals surface area contributed by atoms with Gasteiger partial charge in [0.2, 0.25) is 0 Å². The smallest absolute Gasteiger partial charge is 0.355 e. The Labute approximate surface area is 137 Å². The molecule has 0 spiro atoms. The van der Waals surface area contributed by atoms with Crippen LogP contribution in [0, 0.1) is 6.92 Å². The van der Waals surface area contributed by atoms with Gasteiger partial charge in [0.25, 0.3) is 5.91 Å². The van der Waals surface area contributed by atoms with Crippen molar-refractivity contribution in [3.8, 4) is 0 Å². The van der Waals surface area contributed by atoms with Gasteiger partial charge in [-0.25, -0.2) is 4.79 Å². The molecule has 6 heteroatoms. The molecule has 0 fully saturated rings. The van der Waals surface area contributed by atoms with Gasteiger partial charge in [-0.1, -0.05) is 29.8 Å². The first-order valence-corrected chi connectivity index (χ1v) is 7.55. The summed E-state index contributed by atoms with van der Waals surface area (Å²) in [6, 6.07) is 9.54. The van der Waals surface area contributed by atoms with Crippen LogP contribution < -0.4 is 0 Å². The molecule has 0 bridgehead atoms. The number of rotatable bonds is 5. The number of carbonyl (C=O) groups excluding carboxylic acids is 2. The Morgan fingerprint density at radius 3 is 2.55 bits per heavy atom. The molecule has 1 amide bonds. The molecule has 116 valence electrons. The second kappa shape index (κ2) is 7.26. The lowest BCUT2D eigenvalue weighted by molar-refractivity contribution is -0.133. The van der Waals surface area contributed by atoms with E-state index in [-0.39, 0.29) is 12.5 Å². The summed E-state index contributed by atoms with van der Waals surface area (Å²) < 4.78 is 5.75. The number of likely N-dealkylation sites (N-methyl/N-ethyl adjacent to an activating group) is 1. The number of aromatic nitrogens is 1. The third-order valence-corrected chi connectivity index (χ3v) is 3.62. The zero-order valence-electron chi connectivity index (χ0n) is 12.4. The number of aromatic amines is 1. The summed E-state index contributed by atoms with van der Waals surface area (Å²) in [6.07, 6.45) is 1.63. The number of ether oxygens (including phenoxy) is 1. The first-order valence-electron chi connectivity index (χ1n) is 6.76. The predicted molar refractivity (Wildman–Crippen MR) is 86.4 cm³/mol. The van der Waals surface area contributed by atoms with Crippen molar-refractivity contribution in [3.05, 3.63) is 57.8 Å². The lowest BCUT2D eigenvalue weighted by atomic mass is 10.1. The predicted octanol–water partition coefficient (Wildman–Crippen LogP) is 2.90. The maximum atomic E-state index is 12.0. The number of nitrogens with one attached hydrogen (secondary N) is 1. The summed E-state index contributed by atoms with van der Waals surface area (Å²) in [5.74, 6) is -0.803. The molecule has 1 N–H and O–H groups in total. The van der Waals surface area contributed by atoms with E-state index in [4.69, 9.17) is 4.74 Å². The monoisotopic (exact) mass is 364 g/mol. The van der Waals surface area contributed by atoms with Crippen molar-refractivity contribution in [3.63, 3.8) is 0 Å². The number of H-pyrrole nitrogens is 1. The maximum absolute atomic E-state index is 12.0. The molecule has 0 atom stereocenters. The lowest BCUT2D eigenvalue weighted by Gasteiger charge is -2.17. The summed E-state index contributed by atoms with van der Waals surface area (Å²) in [4.78, 5) is 28.0. The number of amides is 1. The molecule has 2 aromatic rings. The average molecular weight is 365 g/mol. The Hall–Kier alpha value is -2.08. The first kappa shape index (κ1) is 16.3. The first-order chi connectivity index (χ1) is 10.5. The van der Waals surface area contributed by atoms with Crippen LogP contribution in [0.4, 0.5) is 0 Å². The highest BCUT2D eigenvalue weighted by molar-refractivity contribution is 9.10. The van der Waals surface area contributed by atoms with E-state index in [2.05, 4.69) is 20.9 Å². The minimum atomic E-state index is -0.553. The van der Waals surface area contributed by atoms with Crippen molar-refractivity contribution in [2.75, 3.05) is 13.7 Å². The van der Waals surface area contributed by atoms with Crippen molar-refractivity contribution in [2.24, 2.45) is 0 Å². The second-order valence-corrected chi connectivity index (χ2v) is 5.96. The SMILES string of the molecule is Cc1ccc(CN(C)C(=O)COC(=O)c2cc(Br)c[nH]2)cc1. The van der Waals surface area contributed by atoms with Crippen LogP contribution in [0.25, 0.3) is 0 Å². The minimum Gasteiger partial charge on any atom is -0.451 e. The van der Waals surface area contributed by atoms with Crippen LogP contribution >= 0.6 is 15.9 Å². The number of esters is 1. The van der Waals surface area contributed by atoms with Gasteiger partial charge in [-0.15, -0.1) is 0 Å². The van der Waals surface area contributed by atoms with Gasteiger partial charge in [0.1, 0.15) is 5.69 Å². The zero-order chi connectivity index (χ0) is 16.1. The fourth-order valence-electron chi connectivity index (χ4n) is 1.86. The number of benzene rings is 1. The number of nitrogens with zero attached hydrogens (tertiary/aromatic N) is 1. The molecule has 22 heavy (non-hydrogen) atoms. The summed E-state index contributed by atoms with van der Waals surface area (Å²) in [6.45, 7) is 2.21. The van der Waals surface area contributed by atoms with Gasteiger partial charge in [0, 0.05) is 24.3 Å². The molecule has 0 aliphatic heterocycles. The molecule has 2 rings (SSSR count). The van der Waals surface area contributed by atoms with E-state index in [1.54, 1.807) is 19.3 Å².